The van der Waals surface area contributed by atoms with Crippen molar-refractivity contribution in [2.45, 2.75) is 25.3 Å². The summed E-state index contributed by atoms with van der Waals surface area (Å²) in [5.74, 6) is 0.0741. The van der Waals surface area contributed by atoms with Crippen LogP contribution >= 0.6 is 0 Å². The van der Waals surface area contributed by atoms with Crippen LogP contribution in [0, 0.1) is 23.7 Å². The first-order valence-corrected chi connectivity index (χ1v) is 10.6. The van der Waals surface area contributed by atoms with Crippen molar-refractivity contribution in [3.05, 3.63) is 29.9 Å². The number of aliphatic imine (C=N–C) groups is 1. The molecule has 4 heterocycles. The van der Waals surface area contributed by atoms with Gasteiger partial charge in [0.15, 0.2) is 0 Å². The van der Waals surface area contributed by atoms with Crippen LogP contribution in [-0.2, 0) is 4.79 Å². The van der Waals surface area contributed by atoms with Gasteiger partial charge in [-0.05, 0) is 36.8 Å². The third-order valence-corrected chi connectivity index (χ3v) is 6.77. The molecule has 2 amide bonds. The van der Waals surface area contributed by atoms with Crippen molar-refractivity contribution < 1.29 is 14.0 Å². The number of rotatable bonds is 4. The van der Waals surface area contributed by atoms with Crippen LogP contribution in [-0.4, -0.2) is 64.9 Å². The van der Waals surface area contributed by atoms with Gasteiger partial charge in [0.25, 0.3) is 5.91 Å². The number of amides is 2. The van der Waals surface area contributed by atoms with Gasteiger partial charge >= 0.3 is 0 Å². The predicted molar refractivity (Wildman–Crippen MR) is 112 cm³/mol. The second kappa shape index (κ2) is 7.82. The van der Waals surface area contributed by atoms with Gasteiger partial charge in [0.2, 0.25) is 11.9 Å². The highest BCUT2D eigenvalue weighted by molar-refractivity contribution is 5.90. The number of hydrazone groups is 1. The number of halogens is 1. The molecule has 162 valence electrons. The average Bonchev–Trinajstić information content (AvgIpc) is 3.48. The summed E-state index contributed by atoms with van der Waals surface area (Å²) in [6, 6.07) is 1.33. The van der Waals surface area contributed by atoms with Crippen LogP contribution in [0.2, 0.25) is 0 Å². The smallest absolute Gasteiger partial charge is 0.267 e. The molecule has 1 aromatic heterocycles. The van der Waals surface area contributed by atoms with Crippen LogP contribution in [0.25, 0.3) is 0 Å². The van der Waals surface area contributed by atoms with Crippen molar-refractivity contribution in [3.8, 4) is 0 Å². The zero-order valence-corrected chi connectivity index (χ0v) is 17.0. The number of carbonyl (C=O) groups excluding carboxylic acids is 2. The number of allylic oxidation sites excluding steroid dienone is 1. The number of hydrogen-bond acceptors (Lipinski definition) is 7. The van der Waals surface area contributed by atoms with E-state index in [1.165, 1.54) is 12.3 Å². The first-order chi connectivity index (χ1) is 15.0. The minimum Gasteiger partial charge on any atom is -0.364 e. The maximum Gasteiger partial charge on any atom is 0.267 e. The van der Waals surface area contributed by atoms with E-state index in [9.17, 15) is 14.0 Å². The molecular formula is C21H24FN7O2. The lowest BCUT2D eigenvalue weighted by atomic mass is 9.94. The molecule has 2 fully saturated rings. The number of nitrogens with zero attached hydrogens (tertiary/aromatic N) is 6. The van der Waals surface area contributed by atoms with E-state index < -0.39 is 5.91 Å². The Morgan fingerprint density at radius 3 is 2.68 bits per heavy atom. The predicted octanol–water partition coefficient (Wildman–Crippen LogP) is 1.18. The Bertz CT molecular complexity index is 980. The zero-order chi connectivity index (χ0) is 21.5. The van der Waals surface area contributed by atoms with E-state index >= 15 is 0 Å². The molecule has 4 unspecified atom stereocenters. The Morgan fingerprint density at radius 1 is 1.19 bits per heavy atom. The van der Waals surface area contributed by atoms with Crippen LogP contribution in [0.4, 0.5) is 10.3 Å². The number of dihydropyridines is 1. The number of hydrogen-bond donors (Lipinski definition) is 1. The Hall–Kier alpha value is -3.17. The van der Waals surface area contributed by atoms with Gasteiger partial charge < -0.3 is 10.6 Å². The standard InChI is InChI=1S/C21H24FN7O2/c22-16-7-13(8-24-9-16)18-2-4-26-29(18)20(31)12-5-14-10-28(11-15(14)6-12)21-25-3-1-17(27-21)19(23)30/h1,3-4,7,9,12-15,18H,2,5-6,8,10-11H2,(H2,23,30). The van der Waals surface area contributed by atoms with Crippen molar-refractivity contribution in [1.29, 1.82) is 0 Å². The molecule has 31 heavy (non-hydrogen) atoms. The summed E-state index contributed by atoms with van der Waals surface area (Å²) in [7, 11) is 0. The first-order valence-electron chi connectivity index (χ1n) is 10.6. The number of anilines is 1. The van der Waals surface area contributed by atoms with E-state index in [1.54, 1.807) is 23.5 Å². The summed E-state index contributed by atoms with van der Waals surface area (Å²) in [5.41, 5.74) is 5.52. The summed E-state index contributed by atoms with van der Waals surface area (Å²) in [4.78, 5) is 39.3. The fourth-order valence-corrected chi connectivity index (χ4v) is 5.29. The first kappa shape index (κ1) is 19.8. The van der Waals surface area contributed by atoms with Gasteiger partial charge in [-0.15, -0.1) is 0 Å². The van der Waals surface area contributed by atoms with E-state index in [0.29, 0.717) is 30.7 Å². The van der Waals surface area contributed by atoms with Gasteiger partial charge in [-0.1, -0.05) is 0 Å². The normalized spacial score (nSPS) is 31.8. The Morgan fingerprint density at radius 2 is 1.97 bits per heavy atom. The molecule has 0 spiro atoms. The summed E-state index contributed by atoms with van der Waals surface area (Å²) in [6.45, 7) is 1.96. The number of fused-ring (bicyclic) bond motifs is 1. The van der Waals surface area contributed by atoms with Crippen molar-refractivity contribution >= 4 is 30.2 Å². The van der Waals surface area contributed by atoms with Crippen LogP contribution in [0.1, 0.15) is 29.8 Å². The van der Waals surface area contributed by atoms with E-state index in [-0.39, 0.29) is 35.3 Å². The van der Waals surface area contributed by atoms with E-state index in [1.807, 2.05) is 0 Å². The Kier molecular flexibility index (Phi) is 4.99. The SMILES string of the molecule is NC(=O)c1ccnc(N2CC3CC(C(=O)N4N=CCC4C4C=C(F)C=NC4)CC3C2)n1. The van der Waals surface area contributed by atoms with Crippen LogP contribution in [0.15, 0.2) is 34.3 Å². The van der Waals surface area contributed by atoms with E-state index in [4.69, 9.17) is 5.73 Å². The third kappa shape index (κ3) is 3.70. The lowest BCUT2D eigenvalue weighted by Crippen LogP contribution is -2.42. The maximum atomic E-state index is 13.6. The molecule has 4 aliphatic rings. The summed E-state index contributed by atoms with van der Waals surface area (Å²) < 4.78 is 13.6. The van der Waals surface area contributed by atoms with Gasteiger partial charge in [0.05, 0.1) is 12.3 Å². The molecule has 4 atom stereocenters. The molecule has 5 rings (SSSR count). The highest BCUT2D eigenvalue weighted by Crippen LogP contribution is 2.43. The van der Waals surface area contributed by atoms with Crippen molar-refractivity contribution in [3.63, 3.8) is 0 Å². The highest BCUT2D eigenvalue weighted by atomic mass is 19.1. The van der Waals surface area contributed by atoms with Crippen molar-refractivity contribution in [2.24, 2.45) is 39.5 Å². The molecule has 0 aromatic carbocycles. The van der Waals surface area contributed by atoms with Gasteiger partial charge in [0, 0.05) is 50.3 Å². The third-order valence-electron chi connectivity index (χ3n) is 6.77. The molecule has 1 saturated carbocycles. The highest BCUT2D eigenvalue weighted by Gasteiger charge is 2.46. The van der Waals surface area contributed by atoms with Gasteiger partial charge in [-0.2, -0.15) is 5.10 Å². The lowest BCUT2D eigenvalue weighted by Gasteiger charge is -2.30. The quantitative estimate of drug-likeness (QED) is 0.777. The van der Waals surface area contributed by atoms with Crippen molar-refractivity contribution in [1.82, 2.24) is 15.0 Å². The second-order valence-corrected chi connectivity index (χ2v) is 8.69. The molecule has 1 saturated heterocycles. The number of aromatic nitrogens is 2. The molecule has 1 aromatic rings. The Labute approximate surface area is 178 Å². The van der Waals surface area contributed by atoms with Gasteiger partial charge in [-0.3, -0.25) is 14.6 Å². The molecule has 0 radical (unpaired) electrons. The number of primary amides is 1. The average molecular weight is 425 g/mol. The molecule has 9 nitrogen and oxygen atoms in total. The monoisotopic (exact) mass is 425 g/mol. The lowest BCUT2D eigenvalue weighted by molar-refractivity contribution is -0.137. The van der Waals surface area contributed by atoms with E-state index in [0.717, 1.165) is 25.9 Å². The summed E-state index contributed by atoms with van der Waals surface area (Å²) in [6.07, 6.45) is 8.24. The number of carbonyl (C=O) groups is 2. The Balaban J connectivity index is 1.23. The summed E-state index contributed by atoms with van der Waals surface area (Å²) in [5, 5.41) is 5.89. The largest absolute Gasteiger partial charge is 0.364 e. The van der Waals surface area contributed by atoms with E-state index in [2.05, 4.69) is 25.0 Å². The topological polar surface area (TPSA) is 117 Å². The van der Waals surface area contributed by atoms with Crippen LogP contribution in [0.5, 0.6) is 0 Å². The van der Waals surface area contributed by atoms with Gasteiger partial charge in [0.1, 0.15) is 11.5 Å². The molecule has 0 bridgehead atoms. The van der Waals surface area contributed by atoms with Crippen LogP contribution < -0.4 is 10.6 Å². The van der Waals surface area contributed by atoms with Crippen molar-refractivity contribution in [2.75, 3.05) is 24.5 Å². The molecule has 2 N–H and O–H groups in total. The fraction of sp³-hybridized carbons (Fsp3) is 0.524. The molecule has 1 aliphatic carbocycles. The minimum atomic E-state index is -0.576. The fourth-order valence-electron chi connectivity index (χ4n) is 5.29. The zero-order valence-electron chi connectivity index (χ0n) is 17.0. The van der Waals surface area contributed by atoms with Crippen LogP contribution in [0.3, 0.4) is 0 Å². The summed E-state index contributed by atoms with van der Waals surface area (Å²) >= 11 is 0. The molecule has 10 heteroatoms. The van der Waals surface area contributed by atoms with Gasteiger partial charge in [-0.25, -0.2) is 19.4 Å². The molecule has 3 aliphatic heterocycles. The second-order valence-electron chi connectivity index (χ2n) is 8.69. The number of nitrogens with two attached hydrogens (primary N) is 1. The minimum absolute atomic E-state index is 0.0232. The molecular weight excluding hydrogens is 401 g/mol. The maximum absolute atomic E-state index is 13.6.